The van der Waals surface area contributed by atoms with Crippen LogP contribution in [0, 0.1) is 0 Å². The Balaban J connectivity index is 1.22. The molecule has 1 aromatic heterocycles. The van der Waals surface area contributed by atoms with Crippen molar-refractivity contribution in [3.8, 4) is 11.5 Å². The van der Waals surface area contributed by atoms with Crippen LogP contribution in [0.2, 0.25) is 0 Å². The zero-order chi connectivity index (χ0) is 21.0. The highest BCUT2D eigenvalue weighted by Gasteiger charge is 2.17. The van der Waals surface area contributed by atoms with Gasteiger partial charge in [0, 0.05) is 17.4 Å². The van der Waals surface area contributed by atoms with Crippen molar-refractivity contribution in [2.24, 2.45) is 0 Å². The number of rotatable bonds is 6. The van der Waals surface area contributed by atoms with Gasteiger partial charge in [-0.05, 0) is 66.4 Å². The van der Waals surface area contributed by atoms with Gasteiger partial charge in [-0.1, -0.05) is 36.4 Å². The Kier molecular flexibility index (Phi) is 5.36. The average molecular weight is 409 g/mol. The molecular formula is C27H23NO3. The first-order chi connectivity index (χ1) is 15.2. The number of carbonyl (C=O) groups is 1. The molecule has 0 N–H and O–H groups in total. The van der Waals surface area contributed by atoms with Crippen LogP contribution in [-0.2, 0) is 19.6 Å². The normalized spacial score (nSPS) is 13.1. The molecule has 0 unspecified atom stereocenters. The lowest BCUT2D eigenvalue weighted by atomic mass is 9.90. The molecule has 1 heterocycles. The first-order valence-electron chi connectivity index (χ1n) is 10.6. The van der Waals surface area contributed by atoms with E-state index in [1.54, 1.807) is 0 Å². The van der Waals surface area contributed by atoms with Crippen molar-refractivity contribution in [2.45, 2.75) is 32.5 Å². The van der Waals surface area contributed by atoms with Gasteiger partial charge in [0.25, 0.3) is 0 Å². The summed E-state index contributed by atoms with van der Waals surface area (Å²) in [5, 5.41) is 1.12. The van der Waals surface area contributed by atoms with Gasteiger partial charge in [-0.25, -0.2) is 4.98 Å². The summed E-state index contributed by atoms with van der Waals surface area (Å²) in [4.78, 5) is 16.6. The maximum absolute atomic E-state index is 12.0. The Labute approximate surface area is 181 Å². The molecule has 3 aromatic carbocycles. The molecule has 0 spiro atoms. The fraction of sp³-hybridized carbons (Fsp3) is 0.185. The third kappa shape index (κ3) is 4.43. The summed E-state index contributed by atoms with van der Waals surface area (Å²) in [6, 6.07) is 25.8. The van der Waals surface area contributed by atoms with Crippen LogP contribution in [0.15, 0.2) is 78.9 Å². The summed E-state index contributed by atoms with van der Waals surface area (Å²) < 4.78 is 11.9. The molecule has 0 bridgehead atoms. The lowest BCUT2D eigenvalue weighted by Gasteiger charge is -2.16. The van der Waals surface area contributed by atoms with Crippen LogP contribution >= 0.6 is 0 Å². The molecule has 0 radical (unpaired) electrons. The van der Waals surface area contributed by atoms with E-state index in [1.807, 2.05) is 66.7 Å². The number of ether oxygens (including phenoxy) is 2. The molecule has 4 aromatic rings. The second kappa shape index (κ2) is 8.60. The number of nitrogens with zero attached hydrogens (tertiary/aromatic N) is 1. The Bertz CT molecular complexity index is 1250. The number of fused-ring (bicyclic) bond motifs is 2. The molecule has 5 rings (SSSR count). The summed E-state index contributed by atoms with van der Waals surface area (Å²) in [5.74, 6) is 1.81. The van der Waals surface area contributed by atoms with E-state index in [-0.39, 0.29) is 5.78 Å². The quantitative estimate of drug-likeness (QED) is 0.397. The van der Waals surface area contributed by atoms with Crippen LogP contribution in [0.4, 0.5) is 0 Å². The molecular weight excluding hydrogens is 386 g/mol. The van der Waals surface area contributed by atoms with E-state index in [1.165, 1.54) is 0 Å². The first-order valence-corrected chi connectivity index (χ1v) is 10.6. The van der Waals surface area contributed by atoms with Crippen molar-refractivity contribution in [2.75, 3.05) is 0 Å². The Morgan fingerprint density at radius 2 is 1.65 bits per heavy atom. The van der Waals surface area contributed by atoms with Gasteiger partial charge >= 0.3 is 0 Å². The molecule has 1 aliphatic carbocycles. The van der Waals surface area contributed by atoms with Gasteiger partial charge in [0.1, 0.15) is 24.7 Å². The molecule has 0 saturated heterocycles. The number of pyridine rings is 1. The minimum absolute atomic E-state index is 0.235. The number of benzene rings is 3. The molecule has 0 fully saturated rings. The number of aromatic nitrogens is 1. The summed E-state index contributed by atoms with van der Waals surface area (Å²) >= 11 is 0. The van der Waals surface area contributed by atoms with Gasteiger partial charge in [0.15, 0.2) is 5.78 Å². The molecule has 0 amide bonds. The maximum atomic E-state index is 12.0. The minimum atomic E-state index is 0.235. The average Bonchev–Trinajstić information content (AvgIpc) is 2.82. The SMILES string of the molecule is O=C1CCCc2cc(OCc3cccc(OCc4ccc5ccccc5n4)c3)ccc21. The van der Waals surface area contributed by atoms with E-state index < -0.39 is 0 Å². The van der Waals surface area contributed by atoms with E-state index in [0.29, 0.717) is 19.6 Å². The summed E-state index contributed by atoms with van der Waals surface area (Å²) in [7, 11) is 0. The highest BCUT2D eigenvalue weighted by molar-refractivity contribution is 5.98. The maximum Gasteiger partial charge on any atom is 0.163 e. The van der Waals surface area contributed by atoms with Gasteiger partial charge in [0.05, 0.1) is 11.2 Å². The zero-order valence-corrected chi connectivity index (χ0v) is 17.2. The highest BCUT2D eigenvalue weighted by atomic mass is 16.5. The van der Waals surface area contributed by atoms with E-state index in [0.717, 1.165) is 57.6 Å². The zero-order valence-electron chi connectivity index (χ0n) is 17.2. The predicted octanol–water partition coefficient (Wildman–Crippen LogP) is 5.91. The van der Waals surface area contributed by atoms with Crippen molar-refractivity contribution in [3.05, 3.63) is 101 Å². The Hall–Kier alpha value is -3.66. The second-order valence-corrected chi connectivity index (χ2v) is 7.82. The molecule has 4 heteroatoms. The first kappa shape index (κ1) is 19.3. The topological polar surface area (TPSA) is 48.4 Å². The molecule has 1 aliphatic rings. The Morgan fingerprint density at radius 3 is 2.61 bits per heavy atom. The fourth-order valence-electron chi connectivity index (χ4n) is 3.95. The van der Waals surface area contributed by atoms with Crippen LogP contribution in [-0.4, -0.2) is 10.8 Å². The Morgan fingerprint density at radius 1 is 0.774 bits per heavy atom. The highest BCUT2D eigenvalue weighted by Crippen LogP contribution is 2.26. The van der Waals surface area contributed by atoms with Crippen LogP contribution in [0.25, 0.3) is 10.9 Å². The van der Waals surface area contributed by atoms with Gasteiger partial charge in [0.2, 0.25) is 0 Å². The van der Waals surface area contributed by atoms with E-state index in [4.69, 9.17) is 9.47 Å². The monoisotopic (exact) mass is 409 g/mol. The molecule has 0 saturated carbocycles. The van der Waals surface area contributed by atoms with Crippen LogP contribution in [0.5, 0.6) is 11.5 Å². The number of Topliss-reactive ketones (excluding diaryl/α,β-unsaturated/α-hetero) is 1. The van der Waals surface area contributed by atoms with Crippen molar-refractivity contribution in [1.82, 2.24) is 4.98 Å². The summed E-state index contributed by atoms with van der Waals surface area (Å²) in [6.45, 7) is 0.853. The van der Waals surface area contributed by atoms with Crippen LogP contribution < -0.4 is 9.47 Å². The van der Waals surface area contributed by atoms with Gasteiger partial charge in [-0.3, -0.25) is 4.79 Å². The van der Waals surface area contributed by atoms with Crippen molar-refractivity contribution in [1.29, 1.82) is 0 Å². The van der Waals surface area contributed by atoms with Crippen LogP contribution in [0.1, 0.15) is 40.0 Å². The second-order valence-electron chi connectivity index (χ2n) is 7.82. The lowest BCUT2D eigenvalue weighted by molar-refractivity contribution is 0.0972. The van der Waals surface area contributed by atoms with Crippen molar-refractivity contribution < 1.29 is 14.3 Å². The largest absolute Gasteiger partial charge is 0.489 e. The smallest absolute Gasteiger partial charge is 0.163 e. The standard InChI is InChI=1S/C27H23NO3/c29-27-10-4-7-21-16-24(13-14-25(21)27)30-17-19-5-3-8-23(15-19)31-18-22-12-11-20-6-1-2-9-26(20)28-22/h1-3,5-6,8-9,11-16H,4,7,10,17-18H2. The predicted molar refractivity (Wildman–Crippen MR) is 121 cm³/mol. The number of carbonyl (C=O) groups excluding carboxylic acids is 1. The summed E-state index contributed by atoms with van der Waals surface area (Å²) in [5.41, 5.74) is 4.82. The van der Waals surface area contributed by atoms with E-state index >= 15 is 0 Å². The van der Waals surface area contributed by atoms with Gasteiger partial charge in [-0.15, -0.1) is 0 Å². The van der Waals surface area contributed by atoms with Gasteiger partial charge < -0.3 is 9.47 Å². The third-order valence-electron chi connectivity index (χ3n) is 5.57. The molecule has 0 atom stereocenters. The number of aryl methyl sites for hydroxylation is 1. The van der Waals surface area contributed by atoms with E-state index in [2.05, 4.69) is 17.1 Å². The van der Waals surface area contributed by atoms with Crippen molar-refractivity contribution >= 4 is 16.7 Å². The summed E-state index contributed by atoms with van der Waals surface area (Å²) in [6.07, 6.45) is 2.50. The molecule has 154 valence electrons. The number of hydrogen-bond donors (Lipinski definition) is 0. The van der Waals surface area contributed by atoms with E-state index in [9.17, 15) is 4.79 Å². The van der Waals surface area contributed by atoms with Gasteiger partial charge in [-0.2, -0.15) is 0 Å². The molecule has 4 nitrogen and oxygen atoms in total. The number of hydrogen-bond acceptors (Lipinski definition) is 4. The molecule has 0 aliphatic heterocycles. The number of ketones is 1. The minimum Gasteiger partial charge on any atom is -0.489 e. The fourth-order valence-corrected chi connectivity index (χ4v) is 3.95. The lowest BCUT2D eigenvalue weighted by Crippen LogP contribution is -2.10. The molecule has 31 heavy (non-hydrogen) atoms. The van der Waals surface area contributed by atoms with Crippen LogP contribution in [0.3, 0.4) is 0 Å². The third-order valence-corrected chi connectivity index (χ3v) is 5.57. The number of para-hydroxylation sites is 1. The van der Waals surface area contributed by atoms with Crippen molar-refractivity contribution in [3.63, 3.8) is 0 Å².